The summed E-state index contributed by atoms with van der Waals surface area (Å²) >= 11 is 0. The molecule has 0 aliphatic carbocycles. The Balaban J connectivity index is 1.98. The van der Waals surface area contributed by atoms with Gasteiger partial charge < -0.3 is 14.8 Å². The molecule has 1 amide bonds. The third kappa shape index (κ3) is 3.00. The number of hydrogen-bond acceptors (Lipinski definition) is 5. The molecule has 0 unspecified atom stereocenters. The Hall–Kier alpha value is -2.74. The number of fused-ring (bicyclic) bond motifs is 1. The van der Waals surface area contributed by atoms with Crippen LogP contribution in [-0.2, 0) is 14.8 Å². The number of hydrogen-bond donors (Lipinski definition) is 2. The lowest BCUT2D eigenvalue weighted by Gasteiger charge is -2.21. The zero-order valence-electron chi connectivity index (χ0n) is 13.1. The highest BCUT2D eigenvalue weighted by molar-refractivity contribution is 7.92. The van der Waals surface area contributed by atoms with Crippen LogP contribution in [0.5, 0.6) is 11.5 Å². The maximum absolute atomic E-state index is 12.7. The molecule has 1 heterocycles. The molecule has 0 atom stereocenters. The lowest BCUT2D eigenvalue weighted by molar-refractivity contribution is -0.118. The van der Waals surface area contributed by atoms with Crippen molar-refractivity contribution in [1.82, 2.24) is 0 Å². The van der Waals surface area contributed by atoms with Crippen LogP contribution in [0.1, 0.15) is 5.56 Å². The number of anilines is 2. The molecule has 24 heavy (non-hydrogen) atoms. The zero-order chi connectivity index (χ0) is 17.3. The van der Waals surface area contributed by atoms with E-state index in [-0.39, 0.29) is 23.1 Å². The van der Waals surface area contributed by atoms with E-state index >= 15 is 0 Å². The summed E-state index contributed by atoms with van der Waals surface area (Å²) in [5.74, 6) is 0.653. The van der Waals surface area contributed by atoms with Crippen molar-refractivity contribution in [3.05, 3.63) is 42.0 Å². The molecule has 0 fully saturated rings. The molecule has 1 aliphatic rings. The molecule has 0 saturated carbocycles. The first-order valence-electron chi connectivity index (χ1n) is 7.14. The SMILES string of the molecule is COc1ccc(S(=O)(=O)Nc2cccc3c2NC(=O)CO3)c(C)c1. The van der Waals surface area contributed by atoms with Crippen molar-refractivity contribution in [1.29, 1.82) is 0 Å². The van der Waals surface area contributed by atoms with Crippen LogP contribution in [0.4, 0.5) is 11.4 Å². The largest absolute Gasteiger partial charge is 0.497 e. The van der Waals surface area contributed by atoms with Gasteiger partial charge in [0.2, 0.25) is 0 Å². The molecule has 0 bridgehead atoms. The van der Waals surface area contributed by atoms with Crippen molar-refractivity contribution in [3.8, 4) is 11.5 Å². The number of aryl methyl sites for hydroxylation is 1. The molecule has 0 aromatic heterocycles. The quantitative estimate of drug-likeness (QED) is 0.883. The summed E-state index contributed by atoms with van der Waals surface area (Å²) in [5, 5.41) is 2.62. The Bertz CT molecular complexity index is 909. The van der Waals surface area contributed by atoms with Crippen molar-refractivity contribution in [2.75, 3.05) is 23.8 Å². The fraction of sp³-hybridized carbons (Fsp3) is 0.188. The molecule has 2 N–H and O–H groups in total. The monoisotopic (exact) mass is 348 g/mol. The van der Waals surface area contributed by atoms with E-state index in [1.54, 1.807) is 37.3 Å². The van der Waals surface area contributed by atoms with Gasteiger partial charge in [-0.3, -0.25) is 9.52 Å². The van der Waals surface area contributed by atoms with Gasteiger partial charge in [0.05, 0.1) is 17.7 Å². The molecule has 7 nitrogen and oxygen atoms in total. The van der Waals surface area contributed by atoms with Crippen molar-refractivity contribution in [2.45, 2.75) is 11.8 Å². The summed E-state index contributed by atoms with van der Waals surface area (Å²) in [6.07, 6.45) is 0. The zero-order valence-corrected chi connectivity index (χ0v) is 13.9. The second kappa shape index (κ2) is 6.04. The van der Waals surface area contributed by atoms with Gasteiger partial charge >= 0.3 is 0 Å². The van der Waals surface area contributed by atoms with Crippen LogP contribution >= 0.6 is 0 Å². The number of carbonyl (C=O) groups is 1. The Morgan fingerprint density at radius 1 is 1.25 bits per heavy atom. The van der Waals surface area contributed by atoms with Gasteiger partial charge in [0.25, 0.3) is 15.9 Å². The summed E-state index contributed by atoms with van der Waals surface area (Å²) in [6.45, 7) is 1.59. The van der Waals surface area contributed by atoms with Crippen molar-refractivity contribution in [3.63, 3.8) is 0 Å². The van der Waals surface area contributed by atoms with E-state index in [1.807, 2.05) is 0 Å². The maximum atomic E-state index is 12.7. The van der Waals surface area contributed by atoms with Gasteiger partial charge in [-0.05, 0) is 42.8 Å². The van der Waals surface area contributed by atoms with Gasteiger partial charge in [-0.1, -0.05) is 6.07 Å². The lowest BCUT2D eigenvalue weighted by atomic mass is 10.2. The first kappa shape index (κ1) is 16.1. The van der Waals surface area contributed by atoms with Crippen LogP contribution in [0.15, 0.2) is 41.3 Å². The van der Waals surface area contributed by atoms with E-state index in [0.717, 1.165) is 0 Å². The van der Waals surface area contributed by atoms with Crippen LogP contribution < -0.4 is 19.5 Å². The summed E-state index contributed by atoms with van der Waals surface area (Å²) in [6, 6.07) is 9.55. The molecule has 3 rings (SSSR count). The standard InChI is InChI=1S/C16H16N2O5S/c1-10-8-11(22-2)6-7-14(10)24(20,21)18-12-4-3-5-13-16(12)17-15(19)9-23-13/h3-8,18H,9H2,1-2H3,(H,17,19). The number of sulfonamides is 1. The third-order valence-corrected chi connectivity index (χ3v) is 5.09. The average molecular weight is 348 g/mol. The normalized spacial score (nSPS) is 13.5. The fourth-order valence-corrected chi connectivity index (χ4v) is 3.73. The van der Waals surface area contributed by atoms with Gasteiger partial charge in [0.15, 0.2) is 6.61 Å². The van der Waals surface area contributed by atoms with Crippen molar-refractivity contribution in [2.24, 2.45) is 0 Å². The number of nitrogens with one attached hydrogen (secondary N) is 2. The minimum absolute atomic E-state index is 0.0964. The van der Waals surface area contributed by atoms with E-state index in [9.17, 15) is 13.2 Å². The Kier molecular flexibility index (Phi) is 4.06. The second-order valence-electron chi connectivity index (χ2n) is 5.25. The number of carbonyl (C=O) groups excluding carboxylic acids is 1. The van der Waals surface area contributed by atoms with E-state index < -0.39 is 10.0 Å². The first-order chi connectivity index (χ1) is 11.4. The predicted octanol–water partition coefficient (Wildman–Crippen LogP) is 2.14. The van der Waals surface area contributed by atoms with Crippen molar-refractivity contribution >= 4 is 27.3 Å². The summed E-state index contributed by atoms with van der Waals surface area (Å²) in [5.41, 5.74) is 1.10. The molecule has 8 heteroatoms. The van der Waals surface area contributed by atoms with Crippen LogP contribution in [0.2, 0.25) is 0 Å². The van der Waals surface area contributed by atoms with Crippen LogP contribution in [0.3, 0.4) is 0 Å². The van der Waals surface area contributed by atoms with Crippen LogP contribution in [-0.4, -0.2) is 28.0 Å². The predicted molar refractivity (Wildman–Crippen MR) is 89.1 cm³/mol. The van der Waals surface area contributed by atoms with Gasteiger partial charge in [0, 0.05) is 0 Å². The van der Waals surface area contributed by atoms with Gasteiger partial charge in [0.1, 0.15) is 17.2 Å². The first-order valence-corrected chi connectivity index (χ1v) is 8.62. The van der Waals surface area contributed by atoms with E-state index in [2.05, 4.69) is 10.0 Å². The smallest absolute Gasteiger partial charge is 0.262 e. The number of ether oxygens (including phenoxy) is 2. The van der Waals surface area contributed by atoms with Gasteiger partial charge in [-0.2, -0.15) is 0 Å². The van der Waals surface area contributed by atoms with Crippen molar-refractivity contribution < 1.29 is 22.7 Å². The molecule has 0 saturated heterocycles. The fourth-order valence-electron chi connectivity index (χ4n) is 2.43. The highest BCUT2D eigenvalue weighted by atomic mass is 32.2. The Morgan fingerprint density at radius 2 is 2.04 bits per heavy atom. The number of amides is 1. The van der Waals surface area contributed by atoms with Gasteiger partial charge in [-0.15, -0.1) is 0 Å². The van der Waals surface area contributed by atoms with Crippen LogP contribution in [0.25, 0.3) is 0 Å². The molecule has 2 aromatic carbocycles. The summed E-state index contributed by atoms with van der Waals surface area (Å²) in [7, 11) is -2.32. The van der Waals surface area contributed by atoms with Crippen LogP contribution in [0, 0.1) is 6.92 Å². The molecular weight excluding hydrogens is 332 g/mol. The highest BCUT2D eigenvalue weighted by Gasteiger charge is 2.23. The average Bonchev–Trinajstić information content (AvgIpc) is 2.54. The van der Waals surface area contributed by atoms with E-state index in [1.165, 1.54) is 13.2 Å². The number of rotatable bonds is 4. The number of methoxy groups -OCH3 is 1. The number of benzene rings is 2. The lowest BCUT2D eigenvalue weighted by Crippen LogP contribution is -2.26. The molecule has 2 aromatic rings. The topological polar surface area (TPSA) is 93.7 Å². The number of para-hydroxylation sites is 1. The minimum Gasteiger partial charge on any atom is -0.497 e. The Labute approximate surface area is 139 Å². The van der Waals surface area contributed by atoms with E-state index in [4.69, 9.17) is 9.47 Å². The molecule has 1 aliphatic heterocycles. The van der Waals surface area contributed by atoms with Gasteiger partial charge in [-0.25, -0.2) is 8.42 Å². The summed E-state index contributed by atoms with van der Waals surface area (Å²) < 4.78 is 38.2. The maximum Gasteiger partial charge on any atom is 0.262 e. The molecule has 126 valence electrons. The molecule has 0 spiro atoms. The molecular formula is C16H16N2O5S. The highest BCUT2D eigenvalue weighted by Crippen LogP contribution is 2.36. The minimum atomic E-state index is -3.83. The third-order valence-electron chi connectivity index (χ3n) is 3.57. The second-order valence-corrected chi connectivity index (χ2v) is 6.90. The summed E-state index contributed by atoms with van der Waals surface area (Å²) in [4.78, 5) is 11.6. The Morgan fingerprint density at radius 3 is 2.75 bits per heavy atom. The molecule has 0 radical (unpaired) electrons. The van der Waals surface area contributed by atoms with E-state index in [0.29, 0.717) is 22.7 Å².